The molecule has 1 rings (SSSR count). The summed E-state index contributed by atoms with van der Waals surface area (Å²) in [6.45, 7) is 1.61. The molecule has 0 bridgehead atoms. The number of hydrogen-bond acceptors (Lipinski definition) is 2. The van der Waals surface area contributed by atoms with Crippen LogP contribution in [0, 0.1) is 18.6 Å². The molecule has 0 aliphatic heterocycles. The van der Waals surface area contributed by atoms with Crippen LogP contribution in [0.1, 0.15) is 11.1 Å². The van der Waals surface area contributed by atoms with Gasteiger partial charge in [-0.2, -0.15) is 10.2 Å². The summed E-state index contributed by atoms with van der Waals surface area (Å²) < 4.78 is 25.9. The lowest BCUT2D eigenvalue weighted by atomic mass is 10.1. The van der Waals surface area contributed by atoms with E-state index in [1.54, 1.807) is 0 Å². The molecule has 0 aromatic heterocycles. The molecule has 70 valence electrons. The number of hydrogen-bond donors (Lipinski definition) is 0. The monoisotopic (exact) mass is 184 g/mol. The number of azo groups is 1. The minimum absolute atomic E-state index is 0.0391. The van der Waals surface area contributed by atoms with E-state index in [2.05, 4.69) is 10.2 Å². The van der Waals surface area contributed by atoms with Crippen LogP contribution in [0.3, 0.4) is 0 Å². The molecule has 1 aromatic rings. The van der Waals surface area contributed by atoms with E-state index >= 15 is 0 Å². The van der Waals surface area contributed by atoms with Gasteiger partial charge in [0.1, 0.15) is 11.6 Å². The Kier molecular flexibility index (Phi) is 3.06. The van der Waals surface area contributed by atoms with E-state index in [1.807, 2.05) is 0 Å². The third kappa shape index (κ3) is 2.31. The second-order valence-corrected chi connectivity index (χ2v) is 2.68. The molecule has 0 unspecified atom stereocenters. The fourth-order valence-electron chi connectivity index (χ4n) is 0.941. The van der Waals surface area contributed by atoms with Crippen LogP contribution in [0.4, 0.5) is 8.78 Å². The molecule has 0 aliphatic carbocycles. The van der Waals surface area contributed by atoms with Gasteiger partial charge in [-0.1, -0.05) is 0 Å². The summed E-state index contributed by atoms with van der Waals surface area (Å²) in [5.41, 5.74) is 0.531. The quantitative estimate of drug-likeness (QED) is 0.631. The van der Waals surface area contributed by atoms with Crippen molar-refractivity contribution < 1.29 is 8.78 Å². The summed E-state index contributed by atoms with van der Waals surface area (Å²) in [6, 6.07) is 2.54. The Morgan fingerprint density at radius 1 is 1.23 bits per heavy atom. The van der Waals surface area contributed by atoms with Crippen molar-refractivity contribution in [2.45, 2.75) is 13.5 Å². The Hall–Kier alpha value is -1.32. The van der Waals surface area contributed by atoms with Gasteiger partial charge in [-0.15, -0.1) is 0 Å². The maximum Gasteiger partial charge on any atom is 0.129 e. The Morgan fingerprint density at radius 3 is 2.23 bits per heavy atom. The van der Waals surface area contributed by atoms with Gasteiger partial charge in [0.15, 0.2) is 0 Å². The molecule has 0 aliphatic rings. The van der Waals surface area contributed by atoms with Crippen molar-refractivity contribution in [3.05, 3.63) is 34.9 Å². The molecule has 0 atom stereocenters. The average molecular weight is 184 g/mol. The highest BCUT2D eigenvalue weighted by Gasteiger charge is 2.05. The van der Waals surface area contributed by atoms with Gasteiger partial charge in [0.25, 0.3) is 0 Å². The Labute approximate surface area is 75.3 Å². The highest BCUT2D eigenvalue weighted by atomic mass is 19.1. The smallest absolute Gasteiger partial charge is 0.129 e. The maximum absolute atomic E-state index is 13.0. The van der Waals surface area contributed by atoms with Crippen LogP contribution in [0.25, 0.3) is 0 Å². The van der Waals surface area contributed by atoms with Gasteiger partial charge in [-0.3, -0.25) is 0 Å². The summed E-state index contributed by atoms with van der Waals surface area (Å²) in [7, 11) is 1.51. The van der Waals surface area contributed by atoms with E-state index in [0.29, 0.717) is 5.56 Å². The first-order valence-corrected chi connectivity index (χ1v) is 3.85. The van der Waals surface area contributed by atoms with Crippen LogP contribution in [-0.2, 0) is 6.54 Å². The van der Waals surface area contributed by atoms with Gasteiger partial charge in [-0.25, -0.2) is 8.78 Å². The van der Waals surface area contributed by atoms with Crippen molar-refractivity contribution in [2.75, 3.05) is 7.05 Å². The number of benzene rings is 1. The molecular weight excluding hydrogens is 174 g/mol. The van der Waals surface area contributed by atoms with Gasteiger partial charge in [0.2, 0.25) is 0 Å². The topological polar surface area (TPSA) is 24.7 Å². The van der Waals surface area contributed by atoms with E-state index in [-0.39, 0.29) is 12.1 Å². The third-order valence-corrected chi connectivity index (χ3v) is 1.74. The molecule has 0 saturated heterocycles. The third-order valence-electron chi connectivity index (χ3n) is 1.74. The predicted molar refractivity (Wildman–Crippen MR) is 45.6 cm³/mol. The summed E-state index contributed by atoms with van der Waals surface area (Å²) >= 11 is 0. The molecule has 2 nitrogen and oxygen atoms in total. The molecule has 0 spiro atoms. The van der Waals surface area contributed by atoms with Crippen molar-refractivity contribution in [2.24, 2.45) is 10.2 Å². The number of halogens is 2. The van der Waals surface area contributed by atoms with Gasteiger partial charge >= 0.3 is 0 Å². The average Bonchev–Trinajstić information content (AvgIpc) is 2.10. The van der Waals surface area contributed by atoms with Crippen LogP contribution < -0.4 is 0 Å². The summed E-state index contributed by atoms with van der Waals surface area (Å²) in [5, 5.41) is 7.14. The van der Waals surface area contributed by atoms with E-state index in [9.17, 15) is 8.78 Å². The largest absolute Gasteiger partial charge is 0.207 e. The fraction of sp³-hybridized carbons (Fsp3) is 0.333. The van der Waals surface area contributed by atoms with Gasteiger partial charge < -0.3 is 0 Å². The molecule has 4 heteroatoms. The standard InChI is InChI=1S/C9H10F2N2/c1-6-8(10)3-7(4-9(6)11)5-13-12-2/h3-4H,5H2,1-2H3. The zero-order chi connectivity index (χ0) is 9.84. The first-order valence-electron chi connectivity index (χ1n) is 3.85. The summed E-state index contributed by atoms with van der Waals surface area (Å²) in [6.07, 6.45) is 0. The fourth-order valence-corrected chi connectivity index (χ4v) is 0.941. The lowest BCUT2D eigenvalue weighted by molar-refractivity contribution is 0.564. The van der Waals surface area contributed by atoms with Gasteiger partial charge in [0.05, 0.1) is 6.54 Å². The van der Waals surface area contributed by atoms with Gasteiger partial charge in [-0.05, 0) is 24.6 Å². The molecule has 13 heavy (non-hydrogen) atoms. The van der Waals surface area contributed by atoms with Crippen LogP contribution in [-0.4, -0.2) is 7.05 Å². The van der Waals surface area contributed by atoms with Crippen molar-refractivity contribution in [3.8, 4) is 0 Å². The highest BCUT2D eigenvalue weighted by molar-refractivity contribution is 5.24. The lowest BCUT2D eigenvalue weighted by Crippen LogP contribution is -1.92. The zero-order valence-corrected chi connectivity index (χ0v) is 7.51. The molecule has 0 radical (unpaired) electrons. The minimum Gasteiger partial charge on any atom is -0.207 e. The second kappa shape index (κ2) is 4.07. The molecule has 0 fully saturated rings. The molecular formula is C9H10F2N2. The normalized spacial score (nSPS) is 11.1. The zero-order valence-electron chi connectivity index (χ0n) is 7.51. The van der Waals surface area contributed by atoms with Crippen LogP contribution in [0.5, 0.6) is 0 Å². The Bertz CT molecular complexity index is 311. The second-order valence-electron chi connectivity index (χ2n) is 2.68. The van der Waals surface area contributed by atoms with E-state index in [0.717, 1.165) is 0 Å². The Morgan fingerprint density at radius 2 is 1.77 bits per heavy atom. The van der Waals surface area contributed by atoms with Crippen LogP contribution in [0.2, 0.25) is 0 Å². The number of nitrogens with zero attached hydrogens (tertiary/aromatic N) is 2. The van der Waals surface area contributed by atoms with Crippen LogP contribution in [0.15, 0.2) is 22.4 Å². The van der Waals surface area contributed by atoms with Crippen molar-refractivity contribution in [1.82, 2.24) is 0 Å². The molecule has 0 saturated carbocycles. The maximum atomic E-state index is 13.0. The first-order chi connectivity index (χ1) is 6.15. The van der Waals surface area contributed by atoms with Crippen molar-refractivity contribution in [1.29, 1.82) is 0 Å². The van der Waals surface area contributed by atoms with Crippen LogP contribution >= 0.6 is 0 Å². The molecule has 1 aromatic carbocycles. The Balaban J connectivity index is 2.99. The minimum atomic E-state index is -0.540. The van der Waals surface area contributed by atoms with E-state index < -0.39 is 11.6 Å². The number of rotatable bonds is 2. The van der Waals surface area contributed by atoms with Crippen molar-refractivity contribution >= 4 is 0 Å². The lowest BCUT2D eigenvalue weighted by Gasteiger charge is -2.01. The first kappa shape index (κ1) is 9.77. The summed E-state index contributed by atoms with van der Waals surface area (Å²) in [4.78, 5) is 0. The predicted octanol–water partition coefficient (Wildman–Crippen LogP) is 2.86. The highest BCUT2D eigenvalue weighted by Crippen LogP contribution is 2.14. The SMILES string of the molecule is CN=NCc1cc(F)c(C)c(F)c1. The van der Waals surface area contributed by atoms with Gasteiger partial charge in [0, 0.05) is 12.6 Å². The van der Waals surface area contributed by atoms with Crippen molar-refractivity contribution in [3.63, 3.8) is 0 Å². The molecule has 0 heterocycles. The van der Waals surface area contributed by atoms with E-state index in [1.165, 1.54) is 26.1 Å². The molecule has 0 N–H and O–H groups in total. The van der Waals surface area contributed by atoms with E-state index in [4.69, 9.17) is 0 Å². The molecule has 0 amide bonds. The summed E-state index contributed by atoms with van der Waals surface area (Å²) in [5.74, 6) is -1.08.